The largest absolute Gasteiger partial charge is 0.462 e. The van der Waals surface area contributed by atoms with Crippen molar-refractivity contribution in [2.75, 3.05) is 18.4 Å². The minimum atomic E-state index is -0.525. The number of aromatic amines is 1. The Labute approximate surface area is 169 Å². The molecule has 0 atom stereocenters. The maximum absolute atomic E-state index is 12.4. The van der Waals surface area contributed by atoms with Gasteiger partial charge in [-0.25, -0.2) is 0 Å². The van der Waals surface area contributed by atoms with Crippen molar-refractivity contribution in [1.82, 2.24) is 9.88 Å². The van der Waals surface area contributed by atoms with Crippen LogP contribution in [0.3, 0.4) is 0 Å². The molecule has 1 saturated carbocycles. The van der Waals surface area contributed by atoms with Crippen LogP contribution in [0.15, 0.2) is 41.3 Å². The number of aromatic nitrogens is 1. The molecule has 2 N–H and O–H groups in total. The normalized spacial score (nSPS) is 21.1. The van der Waals surface area contributed by atoms with Crippen molar-refractivity contribution in [2.24, 2.45) is 0 Å². The zero-order valence-electron chi connectivity index (χ0n) is 16.3. The summed E-state index contributed by atoms with van der Waals surface area (Å²) in [6.07, 6.45) is 7.22. The average molecular weight is 395 g/mol. The second-order valence-corrected chi connectivity index (χ2v) is 8.14. The van der Waals surface area contributed by atoms with Crippen LogP contribution in [0.1, 0.15) is 48.0 Å². The Bertz CT molecular complexity index is 974. The molecule has 1 saturated heterocycles. The fourth-order valence-electron chi connectivity index (χ4n) is 4.33. The zero-order chi connectivity index (χ0) is 19.8. The molecule has 152 valence electrons. The highest BCUT2D eigenvalue weighted by Crippen LogP contribution is 2.40. The van der Waals surface area contributed by atoms with Gasteiger partial charge in [-0.1, -0.05) is 6.42 Å². The first-order chi connectivity index (χ1) is 14.1. The highest BCUT2D eigenvalue weighted by molar-refractivity contribution is 6.04. The van der Waals surface area contributed by atoms with Crippen LogP contribution in [0.4, 0.5) is 5.69 Å². The van der Waals surface area contributed by atoms with Gasteiger partial charge in [-0.15, -0.1) is 0 Å². The van der Waals surface area contributed by atoms with Gasteiger partial charge in [0, 0.05) is 61.1 Å². The second-order valence-electron chi connectivity index (χ2n) is 8.14. The second kappa shape index (κ2) is 7.31. The molecule has 0 radical (unpaired) electrons. The van der Waals surface area contributed by atoms with E-state index in [1.807, 2.05) is 18.2 Å². The van der Waals surface area contributed by atoms with Gasteiger partial charge in [0.1, 0.15) is 5.75 Å². The van der Waals surface area contributed by atoms with E-state index in [4.69, 9.17) is 9.47 Å². The molecule has 7 nitrogen and oxygen atoms in total. The van der Waals surface area contributed by atoms with Crippen LogP contribution < -0.4 is 15.6 Å². The molecule has 2 fully saturated rings. The van der Waals surface area contributed by atoms with E-state index in [2.05, 4.69) is 15.2 Å². The summed E-state index contributed by atoms with van der Waals surface area (Å²) in [5, 5.41) is 2.83. The van der Waals surface area contributed by atoms with Crippen LogP contribution in [-0.2, 0) is 11.3 Å². The van der Waals surface area contributed by atoms with Gasteiger partial charge in [-0.2, -0.15) is 0 Å². The number of fused-ring (bicyclic) bond motifs is 1. The third kappa shape index (κ3) is 3.68. The molecule has 1 aromatic heterocycles. The number of benzene rings is 1. The van der Waals surface area contributed by atoms with Crippen molar-refractivity contribution in [3.8, 4) is 5.75 Å². The maximum Gasteiger partial charge on any atom is 0.255 e. The summed E-state index contributed by atoms with van der Waals surface area (Å²) in [7, 11) is 0. The highest BCUT2D eigenvalue weighted by Gasteiger charge is 2.42. The lowest BCUT2D eigenvalue weighted by atomic mass is 9.89. The SMILES string of the molecule is O=C(Nc1ccc2c(c1)COC1(CCN(C3CCC3)CC1)O2)c1cc[nH]c(=O)c1. The van der Waals surface area contributed by atoms with E-state index in [1.54, 1.807) is 6.07 Å². The van der Waals surface area contributed by atoms with Gasteiger partial charge in [0.25, 0.3) is 5.91 Å². The Morgan fingerprint density at radius 1 is 1.17 bits per heavy atom. The van der Waals surface area contributed by atoms with Crippen molar-refractivity contribution >= 4 is 11.6 Å². The zero-order valence-corrected chi connectivity index (χ0v) is 16.3. The average Bonchev–Trinajstić information content (AvgIpc) is 2.69. The van der Waals surface area contributed by atoms with Crippen LogP contribution >= 0.6 is 0 Å². The van der Waals surface area contributed by atoms with Crippen LogP contribution in [0.5, 0.6) is 5.75 Å². The van der Waals surface area contributed by atoms with E-state index >= 15 is 0 Å². The first-order valence-electron chi connectivity index (χ1n) is 10.3. The number of likely N-dealkylation sites (tertiary alicyclic amines) is 1. The Morgan fingerprint density at radius 2 is 2.00 bits per heavy atom. The lowest BCUT2D eigenvalue weighted by Gasteiger charge is -2.47. The summed E-state index contributed by atoms with van der Waals surface area (Å²) in [6.45, 7) is 2.50. The van der Waals surface area contributed by atoms with E-state index < -0.39 is 5.79 Å². The molecule has 0 unspecified atom stereocenters. The predicted molar refractivity (Wildman–Crippen MR) is 108 cm³/mol. The van der Waals surface area contributed by atoms with Crippen molar-refractivity contribution in [3.63, 3.8) is 0 Å². The minimum Gasteiger partial charge on any atom is -0.462 e. The molecular formula is C22H25N3O4. The van der Waals surface area contributed by atoms with Gasteiger partial charge >= 0.3 is 0 Å². The van der Waals surface area contributed by atoms with Gasteiger partial charge < -0.3 is 19.8 Å². The van der Waals surface area contributed by atoms with E-state index in [1.165, 1.54) is 31.5 Å². The summed E-state index contributed by atoms with van der Waals surface area (Å²) < 4.78 is 12.5. The Morgan fingerprint density at radius 3 is 2.72 bits per heavy atom. The quantitative estimate of drug-likeness (QED) is 0.835. The van der Waals surface area contributed by atoms with E-state index in [9.17, 15) is 9.59 Å². The maximum atomic E-state index is 12.4. The fraction of sp³-hybridized carbons (Fsp3) is 0.455. The Hall–Kier alpha value is -2.64. The fourth-order valence-corrected chi connectivity index (χ4v) is 4.33. The monoisotopic (exact) mass is 395 g/mol. The van der Waals surface area contributed by atoms with E-state index in [0.717, 1.165) is 43.3 Å². The molecule has 1 aromatic carbocycles. The van der Waals surface area contributed by atoms with Crippen molar-refractivity contribution in [1.29, 1.82) is 0 Å². The third-order valence-corrected chi connectivity index (χ3v) is 6.29. The van der Waals surface area contributed by atoms with Crippen LogP contribution in [0.25, 0.3) is 0 Å². The summed E-state index contributed by atoms with van der Waals surface area (Å²) in [5.41, 5.74) is 1.58. The number of piperidine rings is 1. The molecule has 2 aliphatic heterocycles. The topological polar surface area (TPSA) is 83.7 Å². The number of anilines is 1. The van der Waals surface area contributed by atoms with Crippen molar-refractivity contribution in [2.45, 2.75) is 50.5 Å². The van der Waals surface area contributed by atoms with Gasteiger partial charge in [0.2, 0.25) is 11.3 Å². The van der Waals surface area contributed by atoms with Gasteiger partial charge in [0.15, 0.2) is 0 Å². The number of carbonyl (C=O) groups is 1. The van der Waals surface area contributed by atoms with E-state index in [0.29, 0.717) is 17.9 Å². The molecule has 7 heteroatoms. The Kier molecular flexibility index (Phi) is 4.64. The summed E-state index contributed by atoms with van der Waals surface area (Å²) >= 11 is 0. The standard InChI is InChI=1S/C22H25N3O4/c26-20-13-15(6-9-23-20)21(27)24-17-4-5-19-16(12-17)14-28-22(29-19)7-10-25(11-8-22)18-2-1-3-18/h4-6,9,12-13,18H,1-3,7-8,10-11,14H2,(H,23,26)(H,24,27). The predicted octanol–water partition coefficient (Wildman–Crippen LogP) is 2.88. The first-order valence-corrected chi connectivity index (χ1v) is 10.3. The molecule has 0 bridgehead atoms. The Balaban J connectivity index is 1.25. The van der Waals surface area contributed by atoms with Crippen LogP contribution in [0.2, 0.25) is 0 Å². The molecule has 3 aliphatic rings. The van der Waals surface area contributed by atoms with Crippen molar-refractivity contribution in [3.05, 3.63) is 58.0 Å². The number of ether oxygens (including phenoxy) is 2. The number of amides is 1. The van der Waals surface area contributed by atoms with Crippen LogP contribution in [-0.4, -0.2) is 40.7 Å². The number of nitrogens with zero attached hydrogens (tertiary/aromatic N) is 1. The number of H-pyrrole nitrogens is 1. The molecule has 29 heavy (non-hydrogen) atoms. The molecule has 1 spiro atoms. The van der Waals surface area contributed by atoms with E-state index in [-0.39, 0.29) is 11.5 Å². The minimum absolute atomic E-state index is 0.307. The summed E-state index contributed by atoms with van der Waals surface area (Å²) in [6, 6.07) is 9.20. The number of hydrogen-bond acceptors (Lipinski definition) is 5. The molecule has 2 aromatic rings. The number of hydrogen-bond donors (Lipinski definition) is 2. The number of rotatable bonds is 3. The van der Waals surface area contributed by atoms with Gasteiger partial charge in [-0.3, -0.25) is 14.5 Å². The summed E-state index contributed by atoms with van der Waals surface area (Å²) in [5.74, 6) is -0.0284. The lowest BCUT2D eigenvalue weighted by Crippen LogP contribution is -2.54. The molecule has 5 rings (SSSR count). The third-order valence-electron chi connectivity index (χ3n) is 6.29. The smallest absolute Gasteiger partial charge is 0.255 e. The molecule has 1 amide bonds. The van der Waals surface area contributed by atoms with Crippen LogP contribution in [0, 0.1) is 0 Å². The van der Waals surface area contributed by atoms with Gasteiger partial charge in [-0.05, 0) is 37.1 Å². The highest BCUT2D eigenvalue weighted by atomic mass is 16.7. The first kappa shape index (κ1) is 18.4. The number of pyridine rings is 1. The van der Waals surface area contributed by atoms with Gasteiger partial charge in [0.05, 0.1) is 6.61 Å². The summed E-state index contributed by atoms with van der Waals surface area (Å²) in [4.78, 5) is 28.8. The number of nitrogens with one attached hydrogen (secondary N) is 2. The molecule has 1 aliphatic carbocycles. The lowest BCUT2D eigenvalue weighted by molar-refractivity contribution is -0.231. The number of carbonyl (C=O) groups excluding carboxylic acids is 1. The molecule has 3 heterocycles. The molecular weight excluding hydrogens is 370 g/mol. The van der Waals surface area contributed by atoms with Crippen molar-refractivity contribution < 1.29 is 14.3 Å².